The van der Waals surface area contributed by atoms with E-state index >= 15 is 0 Å². The fourth-order valence-corrected chi connectivity index (χ4v) is 4.71. The van der Waals surface area contributed by atoms with E-state index in [0.29, 0.717) is 12.8 Å². The lowest BCUT2D eigenvalue weighted by Gasteiger charge is -2.43. The zero-order valence-electron chi connectivity index (χ0n) is 17.3. The quantitative estimate of drug-likeness (QED) is 0.564. The maximum atomic E-state index is 13.5. The molecular formula is C20H38O3Si. The minimum atomic E-state index is -2.07. The Morgan fingerprint density at radius 1 is 1.12 bits per heavy atom. The third kappa shape index (κ3) is 4.37. The molecular weight excluding hydrogens is 316 g/mol. The Morgan fingerprint density at radius 3 is 2.04 bits per heavy atom. The minimum Gasteiger partial charge on any atom is -0.407 e. The van der Waals surface area contributed by atoms with Crippen molar-refractivity contribution in [2.75, 3.05) is 0 Å². The van der Waals surface area contributed by atoms with Gasteiger partial charge in [0.1, 0.15) is 11.9 Å². The predicted octanol–water partition coefficient (Wildman–Crippen LogP) is 5.53. The van der Waals surface area contributed by atoms with Crippen molar-refractivity contribution in [2.24, 2.45) is 10.8 Å². The summed E-state index contributed by atoms with van der Waals surface area (Å²) in [6.45, 7) is 19.0. The lowest BCUT2D eigenvalue weighted by molar-refractivity contribution is -0.141. The number of ketones is 2. The van der Waals surface area contributed by atoms with Crippen LogP contribution < -0.4 is 0 Å². The molecule has 0 bridgehead atoms. The summed E-state index contributed by atoms with van der Waals surface area (Å²) in [4.78, 5) is 25.0. The maximum absolute atomic E-state index is 13.5. The zero-order valence-corrected chi connectivity index (χ0v) is 18.3. The van der Waals surface area contributed by atoms with Crippen molar-refractivity contribution < 1.29 is 14.0 Å². The second-order valence-corrected chi connectivity index (χ2v) is 14.8. The molecule has 0 saturated heterocycles. The van der Waals surface area contributed by atoms with Gasteiger partial charge < -0.3 is 9.22 Å². The topological polar surface area (TPSA) is 43.4 Å². The highest BCUT2D eigenvalue weighted by atomic mass is 28.4. The van der Waals surface area contributed by atoms with Gasteiger partial charge in [-0.1, -0.05) is 48.0 Å². The molecule has 4 heteroatoms. The Bertz CT molecular complexity index is 488. The third-order valence-electron chi connectivity index (χ3n) is 6.81. The van der Waals surface area contributed by atoms with Gasteiger partial charge in [-0.25, -0.2) is 0 Å². The molecule has 0 aliphatic heterocycles. The van der Waals surface area contributed by atoms with Crippen LogP contribution in [-0.4, -0.2) is 26.0 Å². The molecule has 0 heterocycles. The molecule has 0 spiro atoms. The summed E-state index contributed by atoms with van der Waals surface area (Å²) >= 11 is 0. The van der Waals surface area contributed by atoms with Crippen molar-refractivity contribution in [3.63, 3.8) is 0 Å². The summed E-state index contributed by atoms with van der Waals surface area (Å²) in [6.07, 6.45) is 3.59. The molecule has 0 aromatic carbocycles. The van der Waals surface area contributed by atoms with Gasteiger partial charge in [0, 0.05) is 11.8 Å². The molecule has 1 fully saturated rings. The van der Waals surface area contributed by atoms with E-state index in [1.54, 1.807) is 6.92 Å². The highest BCUT2D eigenvalue weighted by molar-refractivity contribution is 6.74. The molecule has 1 aliphatic carbocycles. The molecule has 2 atom stereocenters. The molecule has 1 unspecified atom stereocenters. The van der Waals surface area contributed by atoms with Crippen LogP contribution >= 0.6 is 0 Å². The molecule has 0 aromatic rings. The largest absolute Gasteiger partial charge is 0.407 e. The molecule has 1 aliphatic rings. The number of carbonyl (C=O) groups excluding carboxylic acids is 2. The van der Waals surface area contributed by atoms with Crippen LogP contribution in [0.3, 0.4) is 0 Å². The van der Waals surface area contributed by atoms with E-state index in [1.807, 2.05) is 0 Å². The van der Waals surface area contributed by atoms with Crippen LogP contribution in [0.25, 0.3) is 0 Å². The molecule has 0 N–H and O–H groups in total. The number of hydrogen-bond acceptors (Lipinski definition) is 3. The number of hydrogen-bond donors (Lipinski definition) is 0. The molecule has 3 nitrogen and oxygen atoms in total. The van der Waals surface area contributed by atoms with Gasteiger partial charge in [-0.15, -0.1) is 0 Å². The molecule has 0 radical (unpaired) electrons. The van der Waals surface area contributed by atoms with E-state index in [4.69, 9.17) is 4.43 Å². The highest BCUT2D eigenvalue weighted by Gasteiger charge is 2.53. The van der Waals surface area contributed by atoms with Gasteiger partial charge in [0.25, 0.3) is 0 Å². The summed E-state index contributed by atoms with van der Waals surface area (Å²) in [7, 11) is -2.07. The van der Waals surface area contributed by atoms with E-state index in [0.717, 1.165) is 19.3 Å². The molecule has 140 valence electrons. The van der Waals surface area contributed by atoms with Crippen molar-refractivity contribution in [1.29, 1.82) is 0 Å². The van der Waals surface area contributed by atoms with Gasteiger partial charge in [-0.05, 0) is 49.7 Å². The van der Waals surface area contributed by atoms with Gasteiger partial charge in [-0.2, -0.15) is 0 Å². The van der Waals surface area contributed by atoms with Crippen LogP contribution in [0.2, 0.25) is 18.1 Å². The van der Waals surface area contributed by atoms with Crippen LogP contribution in [-0.2, 0) is 14.0 Å². The standard InChI is InChI=1S/C20H38O3Si/c1-15(21)11-12-16(23-24(8,9)18(2,3)4)17(22)20(7)14-10-13-19(20,5)6/h16H,10-14H2,1-9H3/t16?,20-/m1/s1. The lowest BCUT2D eigenvalue weighted by atomic mass is 9.65. The molecule has 0 aromatic heterocycles. The highest BCUT2D eigenvalue weighted by Crippen LogP contribution is 2.54. The summed E-state index contributed by atoms with van der Waals surface area (Å²) in [5.41, 5.74) is -0.355. The Labute approximate surface area is 150 Å². The second-order valence-electron chi connectivity index (χ2n) is 10.0. The van der Waals surface area contributed by atoms with Crippen molar-refractivity contribution in [3.05, 3.63) is 0 Å². The Morgan fingerprint density at radius 2 is 1.67 bits per heavy atom. The molecule has 1 rings (SSSR count). The molecule has 0 amide bonds. The maximum Gasteiger partial charge on any atom is 0.193 e. The van der Waals surface area contributed by atoms with Crippen molar-refractivity contribution >= 4 is 19.9 Å². The second kappa shape index (κ2) is 7.03. The summed E-state index contributed by atoms with van der Waals surface area (Å²) in [5.74, 6) is 0.346. The minimum absolute atomic E-state index is 0.00462. The van der Waals surface area contributed by atoms with Gasteiger partial charge in [0.15, 0.2) is 14.1 Å². The van der Waals surface area contributed by atoms with E-state index in [9.17, 15) is 9.59 Å². The number of carbonyl (C=O) groups is 2. The van der Waals surface area contributed by atoms with E-state index in [-0.39, 0.29) is 27.4 Å². The average molecular weight is 355 g/mol. The Kier molecular flexibility index (Phi) is 6.31. The first kappa shape index (κ1) is 21.6. The number of Topliss-reactive ketones (excluding diaryl/α,β-unsaturated/α-hetero) is 2. The van der Waals surface area contributed by atoms with Crippen LogP contribution in [0.4, 0.5) is 0 Å². The van der Waals surface area contributed by atoms with E-state index < -0.39 is 14.4 Å². The first-order chi connectivity index (χ1) is 10.6. The van der Waals surface area contributed by atoms with Crippen LogP contribution in [0.1, 0.15) is 80.6 Å². The summed E-state index contributed by atoms with van der Waals surface area (Å²) in [5, 5.41) is 0.0495. The normalized spacial score (nSPS) is 25.5. The smallest absolute Gasteiger partial charge is 0.193 e. The van der Waals surface area contributed by atoms with Gasteiger partial charge >= 0.3 is 0 Å². The SMILES string of the molecule is CC(=O)CCC(O[Si](C)(C)C(C)(C)C)C(=O)[C@@]1(C)CCCC1(C)C. The van der Waals surface area contributed by atoms with E-state index in [1.165, 1.54) is 0 Å². The van der Waals surface area contributed by atoms with Crippen molar-refractivity contribution in [1.82, 2.24) is 0 Å². The van der Waals surface area contributed by atoms with Gasteiger partial charge in [0.05, 0.1) is 0 Å². The fraction of sp³-hybridized carbons (Fsp3) is 0.900. The summed E-state index contributed by atoms with van der Waals surface area (Å²) in [6, 6.07) is 0. The zero-order chi connectivity index (χ0) is 19.0. The Balaban J connectivity index is 3.10. The molecule has 24 heavy (non-hydrogen) atoms. The number of rotatable bonds is 7. The first-order valence-corrected chi connectivity index (χ1v) is 12.3. The predicted molar refractivity (Wildman–Crippen MR) is 103 cm³/mol. The Hall–Kier alpha value is -0.483. The van der Waals surface area contributed by atoms with Crippen molar-refractivity contribution in [3.8, 4) is 0 Å². The van der Waals surface area contributed by atoms with Crippen molar-refractivity contribution in [2.45, 2.75) is 105 Å². The summed E-state index contributed by atoms with van der Waals surface area (Å²) < 4.78 is 6.52. The first-order valence-electron chi connectivity index (χ1n) is 9.36. The van der Waals surface area contributed by atoms with Crippen LogP contribution in [0.15, 0.2) is 0 Å². The average Bonchev–Trinajstić information content (AvgIpc) is 2.67. The fourth-order valence-electron chi connectivity index (χ4n) is 3.42. The lowest BCUT2D eigenvalue weighted by Crippen LogP contribution is -2.51. The van der Waals surface area contributed by atoms with Gasteiger partial charge in [0.2, 0.25) is 0 Å². The van der Waals surface area contributed by atoms with Gasteiger partial charge in [-0.3, -0.25) is 4.79 Å². The van der Waals surface area contributed by atoms with Crippen LogP contribution in [0.5, 0.6) is 0 Å². The molecule has 1 saturated carbocycles. The van der Waals surface area contributed by atoms with E-state index in [2.05, 4.69) is 54.6 Å². The third-order valence-corrected chi connectivity index (χ3v) is 11.3. The monoisotopic (exact) mass is 354 g/mol. The van der Waals surface area contributed by atoms with Crippen LogP contribution in [0, 0.1) is 10.8 Å².